The highest BCUT2D eigenvalue weighted by atomic mass is 16.5. The molecular formula is C18H17NO4. The quantitative estimate of drug-likeness (QED) is 0.283. The summed E-state index contributed by atoms with van der Waals surface area (Å²) < 4.78 is 4.99. The minimum atomic E-state index is -0.557. The fourth-order valence-electron chi connectivity index (χ4n) is 3.11. The molecule has 1 aromatic carbocycles. The Labute approximate surface area is 134 Å². The second-order valence-electron chi connectivity index (χ2n) is 5.83. The van der Waals surface area contributed by atoms with Crippen molar-refractivity contribution in [2.24, 2.45) is 11.8 Å². The maximum atomic E-state index is 12.6. The van der Waals surface area contributed by atoms with Gasteiger partial charge in [-0.05, 0) is 44.0 Å². The first-order valence-corrected chi connectivity index (χ1v) is 7.49. The Bertz CT molecular complexity index is 717. The number of benzene rings is 1. The van der Waals surface area contributed by atoms with Crippen LogP contribution < -0.4 is 9.64 Å². The molecule has 23 heavy (non-hydrogen) atoms. The first kappa shape index (κ1) is 15.2. The number of esters is 1. The Hall–Kier alpha value is -2.69. The fraction of sp³-hybridized carbons (Fsp3) is 0.278. The lowest BCUT2D eigenvalue weighted by atomic mass is 9.82. The van der Waals surface area contributed by atoms with Crippen LogP contribution in [-0.4, -0.2) is 17.8 Å². The maximum absolute atomic E-state index is 12.6. The summed E-state index contributed by atoms with van der Waals surface area (Å²) in [5.41, 5.74) is 1.66. The normalized spacial score (nSPS) is 23.3. The molecule has 0 saturated carbocycles. The largest absolute Gasteiger partial charge is 0.423 e. The van der Waals surface area contributed by atoms with Gasteiger partial charge in [-0.1, -0.05) is 18.2 Å². The van der Waals surface area contributed by atoms with Crippen LogP contribution in [0.2, 0.25) is 0 Å². The molecule has 1 fully saturated rings. The zero-order valence-electron chi connectivity index (χ0n) is 12.8. The summed E-state index contributed by atoms with van der Waals surface area (Å²) in [5.74, 6) is -1.04. The van der Waals surface area contributed by atoms with Crippen molar-refractivity contribution in [3.63, 3.8) is 0 Å². The molecule has 5 heteroatoms. The van der Waals surface area contributed by atoms with E-state index in [1.54, 1.807) is 24.3 Å². The highest BCUT2D eigenvalue weighted by molar-refractivity contribution is 6.22. The molecule has 2 aliphatic rings. The van der Waals surface area contributed by atoms with Crippen molar-refractivity contribution in [1.82, 2.24) is 0 Å². The lowest BCUT2D eigenvalue weighted by molar-refractivity contribution is -0.129. The van der Waals surface area contributed by atoms with Crippen molar-refractivity contribution in [1.29, 1.82) is 0 Å². The average Bonchev–Trinajstić information content (AvgIpc) is 2.79. The van der Waals surface area contributed by atoms with E-state index in [9.17, 15) is 14.4 Å². The summed E-state index contributed by atoms with van der Waals surface area (Å²) in [6.07, 6.45) is 4.36. The molecule has 0 N–H and O–H groups in total. The number of rotatable bonds is 3. The van der Waals surface area contributed by atoms with E-state index in [-0.39, 0.29) is 23.7 Å². The van der Waals surface area contributed by atoms with Gasteiger partial charge in [0.1, 0.15) is 5.75 Å². The number of fused-ring (bicyclic) bond motifs is 1. The first-order chi connectivity index (χ1) is 11.0. The van der Waals surface area contributed by atoms with Gasteiger partial charge in [0.05, 0.1) is 17.5 Å². The smallest absolute Gasteiger partial charge is 0.335 e. The van der Waals surface area contributed by atoms with Gasteiger partial charge in [0.25, 0.3) is 0 Å². The van der Waals surface area contributed by atoms with Crippen LogP contribution in [0.5, 0.6) is 5.75 Å². The molecule has 1 heterocycles. The van der Waals surface area contributed by atoms with E-state index in [4.69, 9.17) is 4.74 Å². The topological polar surface area (TPSA) is 63.7 Å². The third kappa shape index (κ3) is 2.70. The number of imide groups is 1. The molecule has 1 aliphatic heterocycles. The Kier molecular flexibility index (Phi) is 3.86. The van der Waals surface area contributed by atoms with Crippen molar-refractivity contribution < 1.29 is 19.1 Å². The number of nitrogens with zero attached hydrogens (tertiary/aromatic N) is 1. The Morgan fingerprint density at radius 2 is 1.87 bits per heavy atom. The number of hydrogen-bond donors (Lipinski definition) is 0. The molecule has 2 unspecified atom stereocenters. The number of carbonyl (C=O) groups is 3. The van der Waals surface area contributed by atoms with E-state index >= 15 is 0 Å². The van der Waals surface area contributed by atoms with Crippen molar-refractivity contribution in [2.45, 2.75) is 19.8 Å². The van der Waals surface area contributed by atoms with Gasteiger partial charge in [-0.3, -0.25) is 14.5 Å². The van der Waals surface area contributed by atoms with Gasteiger partial charge in [0.15, 0.2) is 0 Å². The predicted octanol–water partition coefficient (Wildman–Crippen LogP) is 2.62. The molecule has 2 amide bonds. The van der Waals surface area contributed by atoms with Gasteiger partial charge in [0.2, 0.25) is 11.8 Å². The molecule has 0 spiro atoms. The van der Waals surface area contributed by atoms with Crippen molar-refractivity contribution in [3.05, 3.63) is 48.6 Å². The van der Waals surface area contributed by atoms with Crippen LogP contribution >= 0.6 is 0 Å². The first-order valence-electron chi connectivity index (χ1n) is 7.49. The van der Waals surface area contributed by atoms with Crippen molar-refractivity contribution in [2.75, 3.05) is 4.90 Å². The molecule has 1 aliphatic carbocycles. The molecule has 1 aromatic rings. The number of carbonyl (C=O) groups excluding carboxylic acids is 3. The number of anilines is 1. The minimum Gasteiger partial charge on any atom is -0.423 e. The minimum absolute atomic E-state index is 0.150. The van der Waals surface area contributed by atoms with Crippen molar-refractivity contribution >= 4 is 23.5 Å². The standard InChI is InChI=1S/C18H17NO4/c1-3-16(20)23-13-7-5-12(6-8-13)19-17(21)14-9-4-11(2)10-15(14)18(19)22/h3-8,14-15H,1,9-10H2,2H3. The third-order valence-corrected chi connectivity index (χ3v) is 4.30. The van der Waals surface area contributed by atoms with Crippen LogP contribution in [0.1, 0.15) is 19.8 Å². The SMILES string of the molecule is C=CC(=O)Oc1ccc(N2C(=O)C3CC=C(C)CC3C2=O)cc1. The van der Waals surface area contributed by atoms with Crippen LogP contribution in [0.15, 0.2) is 48.6 Å². The lowest BCUT2D eigenvalue weighted by Gasteiger charge is -2.18. The second kappa shape index (κ2) is 5.83. The van der Waals surface area contributed by atoms with Crippen molar-refractivity contribution in [3.8, 4) is 5.75 Å². The summed E-state index contributed by atoms with van der Waals surface area (Å²) in [4.78, 5) is 37.5. The number of hydrogen-bond acceptors (Lipinski definition) is 4. The van der Waals surface area contributed by atoms with E-state index in [2.05, 4.69) is 6.58 Å². The van der Waals surface area contributed by atoms with Gasteiger partial charge >= 0.3 is 5.97 Å². The number of ether oxygens (including phenoxy) is 1. The Morgan fingerprint density at radius 3 is 2.52 bits per heavy atom. The zero-order chi connectivity index (χ0) is 16.6. The third-order valence-electron chi connectivity index (χ3n) is 4.30. The molecule has 0 bridgehead atoms. The van der Waals surface area contributed by atoms with Gasteiger partial charge in [-0.2, -0.15) is 0 Å². The number of allylic oxidation sites excluding steroid dienone is 2. The monoisotopic (exact) mass is 311 g/mol. The van der Waals surface area contributed by atoms with Crippen LogP contribution in [-0.2, 0) is 14.4 Å². The summed E-state index contributed by atoms with van der Waals surface area (Å²) in [6.45, 7) is 5.31. The van der Waals surface area contributed by atoms with E-state index in [0.717, 1.165) is 11.6 Å². The summed E-state index contributed by atoms with van der Waals surface area (Å²) in [5, 5.41) is 0. The molecule has 5 nitrogen and oxygen atoms in total. The fourth-order valence-corrected chi connectivity index (χ4v) is 3.11. The molecular weight excluding hydrogens is 294 g/mol. The van der Waals surface area contributed by atoms with Crippen LogP contribution in [0.3, 0.4) is 0 Å². The molecule has 118 valence electrons. The summed E-state index contributed by atoms with van der Waals surface area (Å²) >= 11 is 0. The average molecular weight is 311 g/mol. The van der Waals surface area contributed by atoms with Crippen LogP contribution in [0.25, 0.3) is 0 Å². The summed E-state index contributed by atoms with van der Waals surface area (Å²) in [7, 11) is 0. The second-order valence-corrected chi connectivity index (χ2v) is 5.83. The van der Waals surface area contributed by atoms with E-state index in [1.807, 2.05) is 13.0 Å². The molecule has 2 atom stereocenters. The lowest BCUT2D eigenvalue weighted by Crippen LogP contribution is -2.30. The van der Waals surface area contributed by atoms with E-state index in [1.165, 1.54) is 4.90 Å². The molecule has 0 radical (unpaired) electrons. The highest BCUT2D eigenvalue weighted by Gasteiger charge is 2.48. The molecule has 3 rings (SSSR count). The molecule has 0 aromatic heterocycles. The number of amides is 2. The van der Waals surface area contributed by atoms with Gasteiger partial charge in [-0.25, -0.2) is 4.79 Å². The maximum Gasteiger partial charge on any atom is 0.335 e. The van der Waals surface area contributed by atoms with E-state index in [0.29, 0.717) is 24.3 Å². The van der Waals surface area contributed by atoms with E-state index < -0.39 is 5.97 Å². The Morgan fingerprint density at radius 1 is 1.22 bits per heavy atom. The highest BCUT2D eigenvalue weighted by Crippen LogP contribution is 2.39. The zero-order valence-corrected chi connectivity index (χ0v) is 12.8. The van der Waals surface area contributed by atoms with Crippen LogP contribution in [0, 0.1) is 11.8 Å². The van der Waals surface area contributed by atoms with Gasteiger partial charge < -0.3 is 4.74 Å². The van der Waals surface area contributed by atoms with Gasteiger partial charge in [0, 0.05) is 6.08 Å². The van der Waals surface area contributed by atoms with Gasteiger partial charge in [-0.15, -0.1) is 0 Å². The Balaban J connectivity index is 1.82. The summed E-state index contributed by atoms with van der Waals surface area (Å²) in [6, 6.07) is 6.34. The predicted molar refractivity (Wildman–Crippen MR) is 84.7 cm³/mol. The molecule has 1 saturated heterocycles. The van der Waals surface area contributed by atoms with Crippen LogP contribution in [0.4, 0.5) is 5.69 Å².